The number of carbonyl (C=O) groups excluding carboxylic acids is 1. The van der Waals surface area contributed by atoms with E-state index in [4.69, 9.17) is 4.74 Å². The van der Waals surface area contributed by atoms with Gasteiger partial charge in [0, 0.05) is 0 Å². The largest absolute Gasteiger partial charge is 0.444 e. The minimum absolute atomic E-state index is 0.287. The zero-order valence-corrected chi connectivity index (χ0v) is 11.7. The lowest BCUT2D eigenvalue weighted by Crippen LogP contribution is -2.51. The van der Waals surface area contributed by atoms with Gasteiger partial charge in [-0.15, -0.1) is 6.58 Å². The summed E-state index contributed by atoms with van der Waals surface area (Å²) in [6.45, 7) is 14.7. The zero-order chi connectivity index (χ0) is 13.9. The van der Waals surface area contributed by atoms with Crippen molar-refractivity contribution in [3.8, 4) is 0 Å². The van der Waals surface area contributed by atoms with Gasteiger partial charge in [0.15, 0.2) is 0 Å². The Kier molecular flexibility index (Phi) is 5.20. The normalized spacial score (nSPS) is 15.9. The average Bonchev–Trinajstić information content (AvgIpc) is 2.08. The lowest BCUT2D eigenvalue weighted by molar-refractivity contribution is 0.0354. The topological polar surface area (TPSA) is 58.6 Å². The Bertz CT molecular complexity index is 273. The van der Waals surface area contributed by atoms with Gasteiger partial charge in [0.1, 0.15) is 5.60 Å². The first-order valence-electron chi connectivity index (χ1n) is 5.77. The van der Waals surface area contributed by atoms with Crippen LogP contribution in [-0.4, -0.2) is 28.9 Å². The molecule has 0 fully saturated rings. The molecule has 0 aliphatic carbocycles. The summed E-state index contributed by atoms with van der Waals surface area (Å²) < 4.78 is 5.16. The molecule has 0 aromatic heterocycles. The fourth-order valence-corrected chi connectivity index (χ4v) is 1.38. The highest BCUT2D eigenvalue weighted by Gasteiger charge is 2.32. The van der Waals surface area contributed by atoms with Gasteiger partial charge in [0.2, 0.25) is 0 Å². The van der Waals surface area contributed by atoms with Crippen molar-refractivity contribution >= 4 is 6.09 Å². The van der Waals surface area contributed by atoms with Crippen LogP contribution in [0.5, 0.6) is 0 Å². The van der Waals surface area contributed by atoms with Crippen molar-refractivity contribution in [2.24, 2.45) is 5.41 Å². The number of nitrogens with one attached hydrogen (secondary N) is 1. The summed E-state index contributed by atoms with van der Waals surface area (Å²) in [7, 11) is 0. The molecule has 4 nitrogen and oxygen atoms in total. The molecule has 0 aromatic carbocycles. The van der Waals surface area contributed by atoms with Crippen LogP contribution in [-0.2, 0) is 4.74 Å². The smallest absolute Gasteiger partial charge is 0.407 e. The molecule has 4 heteroatoms. The van der Waals surface area contributed by atoms with Crippen LogP contribution in [0, 0.1) is 5.41 Å². The minimum Gasteiger partial charge on any atom is -0.444 e. The van der Waals surface area contributed by atoms with Crippen LogP contribution < -0.4 is 5.32 Å². The molecule has 0 saturated heterocycles. The Morgan fingerprint density at radius 1 is 1.29 bits per heavy atom. The van der Waals surface area contributed by atoms with Crippen molar-refractivity contribution in [1.82, 2.24) is 5.32 Å². The van der Waals surface area contributed by atoms with Crippen LogP contribution in [0.4, 0.5) is 4.79 Å². The highest BCUT2D eigenvalue weighted by molar-refractivity contribution is 5.68. The van der Waals surface area contributed by atoms with E-state index < -0.39 is 23.8 Å². The van der Waals surface area contributed by atoms with E-state index in [9.17, 15) is 9.90 Å². The third-order valence-electron chi connectivity index (χ3n) is 2.19. The van der Waals surface area contributed by atoms with Gasteiger partial charge >= 0.3 is 6.09 Å². The number of amides is 1. The minimum atomic E-state index is -0.803. The van der Waals surface area contributed by atoms with E-state index in [2.05, 4.69) is 11.9 Å². The molecule has 0 aliphatic heterocycles. The molecular weight excluding hydrogens is 218 g/mol. The summed E-state index contributed by atoms with van der Waals surface area (Å²) in [5, 5.41) is 12.5. The molecule has 17 heavy (non-hydrogen) atoms. The van der Waals surface area contributed by atoms with E-state index in [0.717, 1.165) is 0 Å². The molecule has 0 heterocycles. The van der Waals surface area contributed by atoms with Crippen molar-refractivity contribution < 1.29 is 14.6 Å². The summed E-state index contributed by atoms with van der Waals surface area (Å²) in [5.41, 5.74) is -0.837. The van der Waals surface area contributed by atoms with Crippen LogP contribution in [0.1, 0.15) is 41.5 Å². The molecular formula is C13H25NO3. The summed E-state index contributed by atoms with van der Waals surface area (Å²) >= 11 is 0. The molecule has 0 saturated carbocycles. The molecule has 0 radical (unpaired) electrons. The molecule has 0 aliphatic rings. The second kappa shape index (κ2) is 5.54. The van der Waals surface area contributed by atoms with E-state index >= 15 is 0 Å². The van der Waals surface area contributed by atoms with Crippen LogP contribution >= 0.6 is 0 Å². The van der Waals surface area contributed by atoms with Crippen molar-refractivity contribution in [3.05, 3.63) is 12.7 Å². The molecule has 0 rings (SSSR count). The number of alkyl carbamates (subject to hydrolysis) is 1. The maximum absolute atomic E-state index is 11.7. The summed E-state index contributed by atoms with van der Waals surface area (Å²) in [6, 6.07) is -0.435. The first-order valence-corrected chi connectivity index (χ1v) is 5.77. The van der Waals surface area contributed by atoms with E-state index in [1.54, 1.807) is 20.8 Å². The predicted octanol–water partition coefficient (Wildman–Crippen LogP) is 2.47. The third kappa shape index (κ3) is 6.31. The summed E-state index contributed by atoms with van der Waals surface area (Å²) in [5.74, 6) is 0. The Morgan fingerprint density at radius 3 is 2.06 bits per heavy atom. The predicted molar refractivity (Wildman–Crippen MR) is 68.8 cm³/mol. The van der Waals surface area contributed by atoms with Gasteiger partial charge in [0.25, 0.3) is 0 Å². The van der Waals surface area contributed by atoms with Gasteiger partial charge in [0.05, 0.1) is 12.1 Å². The fourth-order valence-electron chi connectivity index (χ4n) is 1.38. The van der Waals surface area contributed by atoms with Gasteiger partial charge in [-0.3, -0.25) is 0 Å². The number of ether oxygens (including phenoxy) is 1. The molecule has 0 bridgehead atoms. The monoisotopic (exact) mass is 243 g/mol. The van der Waals surface area contributed by atoms with Crippen LogP contribution in [0.2, 0.25) is 0 Å². The molecule has 0 aromatic rings. The lowest BCUT2D eigenvalue weighted by Gasteiger charge is -2.34. The maximum atomic E-state index is 11.7. The molecule has 2 atom stereocenters. The molecule has 0 unspecified atom stereocenters. The van der Waals surface area contributed by atoms with E-state index in [1.807, 2.05) is 20.8 Å². The van der Waals surface area contributed by atoms with Gasteiger partial charge in [-0.25, -0.2) is 4.79 Å². The summed E-state index contributed by atoms with van der Waals surface area (Å²) in [4.78, 5) is 11.7. The Morgan fingerprint density at radius 2 is 1.76 bits per heavy atom. The number of rotatable bonds is 3. The standard InChI is InChI=1S/C13H25NO3/c1-8-9(15)10(12(2,3)4)14-11(16)17-13(5,6)7/h8-10,15H,1H2,2-7H3,(H,14,16)/t9-,10+/m0/s1. The molecule has 100 valence electrons. The Hall–Kier alpha value is -1.03. The highest BCUT2D eigenvalue weighted by atomic mass is 16.6. The first-order chi connectivity index (χ1) is 7.47. The van der Waals surface area contributed by atoms with E-state index in [1.165, 1.54) is 6.08 Å². The molecule has 1 amide bonds. The fraction of sp³-hybridized carbons (Fsp3) is 0.769. The number of aliphatic hydroxyl groups excluding tert-OH is 1. The summed E-state index contributed by atoms with van der Waals surface area (Å²) in [6.07, 6.45) is 0.0775. The van der Waals surface area contributed by atoms with Gasteiger partial charge in [-0.05, 0) is 26.2 Å². The highest BCUT2D eigenvalue weighted by Crippen LogP contribution is 2.23. The second-order valence-corrected chi connectivity index (χ2v) is 6.22. The van der Waals surface area contributed by atoms with Gasteiger partial charge < -0.3 is 15.2 Å². The van der Waals surface area contributed by atoms with Crippen molar-refractivity contribution in [2.45, 2.75) is 59.3 Å². The Labute approximate surface area is 104 Å². The number of carbonyl (C=O) groups is 1. The van der Waals surface area contributed by atoms with Crippen LogP contribution in [0.3, 0.4) is 0 Å². The van der Waals surface area contributed by atoms with Crippen LogP contribution in [0.15, 0.2) is 12.7 Å². The maximum Gasteiger partial charge on any atom is 0.407 e. The molecule has 0 spiro atoms. The van der Waals surface area contributed by atoms with Crippen molar-refractivity contribution in [2.75, 3.05) is 0 Å². The van der Waals surface area contributed by atoms with Crippen molar-refractivity contribution in [3.63, 3.8) is 0 Å². The number of hydrogen-bond donors (Lipinski definition) is 2. The number of hydrogen-bond acceptors (Lipinski definition) is 3. The van der Waals surface area contributed by atoms with Crippen molar-refractivity contribution in [1.29, 1.82) is 0 Å². The second-order valence-electron chi connectivity index (χ2n) is 6.22. The first kappa shape index (κ1) is 16.0. The van der Waals surface area contributed by atoms with E-state index in [-0.39, 0.29) is 5.41 Å². The Balaban J connectivity index is 4.67. The third-order valence-corrected chi connectivity index (χ3v) is 2.19. The molecule has 2 N–H and O–H groups in total. The number of aliphatic hydroxyl groups is 1. The van der Waals surface area contributed by atoms with Gasteiger partial charge in [-0.2, -0.15) is 0 Å². The SMILES string of the molecule is C=C[C@H](O)[C@@H](NC(=O)OC(C)(C)C)C(C)(C)C. The lowest BCUT2D eigenvalue weighted by atomic mass is 9.83. The van der Waals surface area contributed by atoms with Crippen LogP contribution in [0.25, 0.3) is 0 Å². The van der Waals surface area contributed by atoms with E-state index in [0.29, 0.717) is 0 Å². The average molecular weight is 243 g/mol. The quantitative estimate of drug-likeness (QED) is 0.749. The zero-order valence-electron chi connectivity index (χ0n) is 11.7. The van der Waals surface area contributed by atoms with Gasteiger partial charge in [-0.1, -0.05) is 26.8 Å².